The number of nitrogens with one attached hydrogen (secondary N) is 1. The van der Waals surface area contributed by atoms with E-state index in [1.54, 1.807) is 0 Å². The third-order valence-corrected chi connectivity index (χ3v) is 4.23. The average Bonchev–Trinajstić information content (AvgIpc) is 2.74. The summed E-state index contributed by atoms with van der Waals surface area (Å²) in [6.45, 7) is 4.23. The molecule has 1 atom stereocenters. The van der Waals surface area contributed by atoms with Crippen LogP contribution in [0.25, 0.3) is 0 Å². The summed E-state index contributed by atoms with van der Waals surface area (Å²) in [5, 5.41) is 4.03. The molecule has 0 saturated carbocycles. The van der Waals surface area contributed by atoms with Crippen LogP contribution in [0.15, 0.2) is 24.3 Å². The molecule has 2 rings (SSSR count). The number of hydrogen-bond donors (Lipinski definition) is 1. The number of carbonyl (C=O) groups excluding carboxylic acids is 1. The van der Waals surface area contributed by atoms with Gasteiger partial charge in [-0.15, -0.1) is 0 Å². The Morgan fingerprint density at radius 3 is 2.55 bits per heavy atom. The van der Waals surface area contributed by atoms with Gasteiger partial charge in [0.2, 0.25) is 5.91 Å². The van der Waals surface area contributed by atoms with Gasteiger partial charge in [0.25, 0.3) is 0 Å². The Hall–Kier alpha value is -1.06. The molecule has 1 N–H and O–H groups in total. The van der Waals surface area contributed by atoms with Crippen LogP contribution in [0.1, 0.15) is 44.2 Å². The fourth-order valence-corrected chi connectivity index (χ4v) is 2.91. The van der Waals surface area contributed by atoms with E-state index in [0.717, 1.165) is 36.5 Å². The summed E-state index contributed by atoms with van der Waals surface area (Å²) in [5.74, 6) is 0.200. The number of nitrogens with zero attached hydrogens (tertiary/aromatic N) is 1. The van der Waals surface area contributed by atoms with Crippen LogP contribution in [0.5, 0.6) is 0 Å². The highest BCUT2D eigenvalue weighted by atomic mass is 35.5. The maximum atomic E-state index is 12.2. The van der Waals surface area contributed by atoms with E-state index in [0.29, 0.717) is 6.54 Å². The molecule has 1 heterocycles. The molecule has 3 nitrogen and oxygen atoms in total. The average molecular weight is 295 g/mol. The van der Waals surface area contributed by atoms with Crippen molar-refractivity contribution in [3.8, 4) is 0 Å². The first-order valence-electron chi connectivity index (χ1n) is 7.44. The molecule has 1 amide bonds. The molecule has 4 heteroatoms. The summed E-state index contributed by atoms with van der Waals surface area (Å²) in [5.41, 5.74) is 1.04. The van der Waals surface area contributed by atoms with E-state index in [1.165, 1.54) is 12.8 Å². The van der Waals surface area contributed by atoms with Crippen LogP contribution in [-0.2, 0) is 4.79 Å². The second-order valence-electron chi connectivity index (χ2n) is 5.42. The smallest absolute Gasteiger partial charge is 0.236 e. The molecule has 1 aromatic rings. The highest BCUT2D eigenvalue weighted by Gasteiger charge is 2.16. The van der Waals surface area contributed by atoms with Crippen molar-refractivity contribution in [1.29, 1.82) is 0 Å². The lowest BCUT2D eigenvalue weighted by atomic mass is 10.1. The van der Waals surface area contributed by atoms with Crippen molar-refractivity contribution in [2.24, 2.45) is 0 Å². The van der Waals surface area contributed by atoms with Gasteiger partial charge in [-0.2, -0.15) is 0 Å². The van der Waals surface area contributed by atoms with Gasteiger partial charge in [-0.25, -0.2) is 0 Å². The molecule has 1 fully saturated rings. The Bertz CT molecular complexity index is 442. The van der Waals surface area contributed by atoms with Crippen molar-refractivity contribution in [2.45, 2.75) is 38.6 Å². The monoisotopic (exact) mass is 294 g/mol. The molecule has 1 saturated heterocycles. The first-order valence-corrected chi connectivity index (χ1v) is 7.82. The summed E-state index contributed by atoms with van der Waals surface area (Å²) in [7, 11) is 0. The molecule has 0 spiro atoms. The number of halogens is 1. The van der Waals surface area contributed by atoms with Crippen molar-refractivity contribution in [1.82, 2.24) is 10.2 Å². The summed E-state index contributed by atoms with van der Waals surface area (Å²) < 4.78 is 0. The third kappa shape index (κ3) is 4.22. The number of benzene rings is 1. The molecule has 1 aliphatic heterocycles. The van der Waals surface area contributed by atoms with Crippen molar-refractivity contribution < 1.29 is 4.79 Å². The van der Waals surface area contributed by atoms with E-state index < -0.39 is 0 Å². The summed E-state index contributed by atoms with van der Waals surface area (Å²) in [6, 6.07) is 7.85. The Balaban J connectivity index is 1.85. The van der Waals surface area contributed by atoms with E-state index in [-0.39, 0.29) is 11.9 Å². The van der Waals surface area contributed by atoms with Crippen molar-refractivity contribution >= 4 is 17.5 Å². The first kappa shape index (κ1) is 15.3. The van der Waals surface area contributed by atoms with Crippen LogP contribution in [0.3, 0.4) is 0 Å². The van der Waals surface area contributed by atoms with Gasteiger partial charge < -0.3 is 10.2 Å². The van der Waals surface area contributed by atoms with Crippen LogP contribution in [0, 0.1) is 0 Å². The van der Waals surface area contributed by atoms with Gasteiger partial charge in [0, 0.05) is 24.2 Å². The highest BCUT2D eigenvalue weighted by molar-refractivity contribution is 6.31. The molecule has 1 aliphatic rings. The fourth-order valence-electron chi connectivity index (χ4n) is 2.61. The van der Waals surface area contributed by atoms with Crippen LogP contribution in [-0.4, -0.2) is 30.4 Å². The zero-order chi connectivity index (χ0) is 14.4. The summed E-state index contributed by atoms with van der Waals surface area (Å²) >= 11 is 6.17. The molecule has 0 bridgehead atoms. The van der Waals surface area contributed by atoms with Crippen LogP contribution < -0.4 is 5.32 Å². The van der Waals surface area contributed by atoms with Crippen molar-refractivity contribution in [3.05, 3.63) is 34.9 Å². The van der Waals surface area contributed by atoms with Gasteiger partial charge in [0.05, 0.1) is 6.54 Å². The van der Waals surface area contributed by atoms with Crippen LogP contribution >= 0.6 is 11.6 Å². The van der Waals surface area contributed by atoms with E-state index in [4.69, 9.17) is 11.6 Å². The standard InChI is InChI=1S/C16H23ClN2O/c1-13(14-8-4-5-9-15(14)17)18-12-16(20)19-10-6-2-3-7-11-19/h4-5,8-9,13,18H,2-3,6-7,10-12H2,1H3. The van der Waals surface area contributed by atoms with Crippen LogP contribution in [0.2, 0.25) is 5.02 Å². The van der Waals surface area contributed by atoms with Crippen molar-refractivity contribution in [3.63, 3.8) is 0 Å². The number of carbonyl (C=O) groups is 1. The molecule has 0 aliphatic carbocycles. The van der Waals surface area contributed by atoms with Crippen molar-refractivity contribution in [2.75, 3.05) is 19.6 Å². The quantitative estimate of drug-likeness (QED) is 0.923. The Labute approximate surface area is 126 Å². The lowest BCUT2D eigenvalue weighted by Crippen LogP contribution is -2.39. The predicted molar refractivity (Wildman–Crippen MR) is 82.9 cm³/mol. The molecule has 0 radical (unpaired) electrons. The fraction of sp³-hybridized carbons (Fsp3) is 0.562. The number of likely N-dealkylation sites (tertiary alicyclic amines) is 1. The molecular weight excluding hydrogens is 272 g/mol. The van der Waals surface area contributed by atoms with E-state index in [2.05, 4.69) is 5.32 Å². The topological polar surface area (TPSA) is 32.3 Å². The normalized spacial score (nSPS) is 17.6. The molecule has 20 heavy (non-hydrogen) atoms. The lowest BCUT2D eigenvalue weighted by Gasteiger charge is -2.22. The number of rotatable bonds is 4. The summed E-state index contributed by atoms with van der Waals surface area (Å²) in [6.07, 6.45) is 4.75. The van der Waals surface area contributed by atoms with Crippen LogP contribution in [0.4, 0.5) is 0 Å². The second kappa shape index (κ2) is 7.65. The molecule has 1 aromatic carbocycles. The van der Waals surface area contributed by atoms with Gasteiger partial charge in [0.1, 0.15) is 0 Å². The Kier molecular flexibility index (Phi) is 5.86. The highest BCUT2D eigenvalue weighted by Crippen LogP contribution is 2.21. The van der Waals surface area contributed by atoms with Gasteiger partial charge in [-0.3, -0.25) is 4.79 Å². The van der Waals surface area contributed by atoms with E-state index >= 15 is 0 Å². The number of amides is 1. The van der Waals surface area contributed by atoms with E-state index in [1.807, 2.05) is 36.1 Å². The minimum absolute atomic E-state index is 0.0830. The lowest BCUT2D eigenvalue weighted by molar-refractivity contribution is -0.130. The van der Waals surface area contributed by atoms with Gasteiger partial charge in [-0.1, -0.05) is 42.6 Å². The largest absolute Gasteiger partial charge is 0.342 e. The maximum absolute atomic E-state index is 12.2. The van der Waals surface area contributed by atoms with Gasteiger partial charge in [-0.05, 0) is 31.4 Å². The van der Waals surface area contributed by atoms with E-state index in [9.17, 15) is 4.79 Å². The molecule has 0 aromatic heterocycles. The van der Waals surface area contributed by atoms with Gasteiger partial charge >= 0.3 is 0 Å². The summed E-state index contributed by atoms with van der Waals surface area (Å²) in [4.78, 5) is 14.2. The minimum Gasteiger partial charge on any atom is -0.342 e. The SMILES string of the molecule is CC(NCC(=O)N1CCCCCC1)c1ccccc1Cl. The molecule has 110 valence electrons. The Morgan fingerprint density at radius 2 is 1.90 bits per heavy atom. The van der Waals surface area contributed by atoms with Gasteiger partial charge in [0.15, 0.2) is 0 Å². The predicted octanol–water partition coefficient (Wildman–Crippen LogP) is 3.39. The molecule has 1 unspecified atom stereocenters. The zero-order valence-electron chi connectivity index (χ0n) is 12.1. The second-order valence-corrected chi connectivity index (χ2v) is 5.83. The molecular formula is C16H23ClN2O. The zero-order valence-corrected chi connectivity index (χ0v) is 12.8. The Morgan fingerprint density at radius 1 is 1.25 bits per heavy atom. The maximum Gasteiger partial charge on any atom is 0.236 e. The number of hydrogen-bond acceptors (Lipinski definition) is 2. The first-order chi connectivity index (χ1) is 9.68. The third-order valence-electron chi connectivity index (χ3n) is 3.89. The minimum atomic E-state index is 0.0830.